The Hall–Kier alpha value is -5.42. The molecule has 4 aromatic rings. The van der Waals surface area contributed by atoms with Crippen molar-refractivity contribution in [2.45, 2.75) is 78.6 Å². The quantitative estimate of drug-likeness (QED) is 0.0520. The van der Waals surface area contributed by atoms with Crippen LogP contribution < -0.4 is 22.1 Å². The molecule has 0 aliphatic heterocycles. The van der Waals surface area contributed by atoms with Gasteiger partial charge in [0.1, 0.15) is 23.7 Å². The second-order valence-corrected chi connectivity index (χ2v) is 14.3. The van der Waals surface area contributed by atoms with Crippen molar-refractivity contribution in [3.63, 3.8) is 0 Å². The van der Waals surface area contributed by atoms with Gasteiger partial charge >= 0.3 is 24.1 Å². The average molecular weight is 775 g/mol. The van der Waals surface area contributed by atoms with E-state index in [9.17, 15) is 19.2 Å². The zero-order valence-corrected chi connectivity index (χ0v) is 33.2. The number of carbonyl (C=O) groups is 4. The van der Waals surface area contributed by atoms with Crippen molar-refractivity contribution in [1.29, 1.82) is 0 Å². The maximum absolute atomic E-state index is 12.6. The van der Waals surface area contributed by atoms with Crippen LogP contribution in [0.5, 0.6) is 0 Å². The molecule has 2 aromatic carbocycles. The standard InChI is InChI=1S/C40H54N8O8/c1-21(2)33(45-29(15-17-53-7)37(49)55-39(41)51)35-43-19-31(47-35)26-11-9-25(10-12-26)27-13-14-28(24(6)23(27)5)32-20-44-36(48-32)34(22(3)4)46-30(16-18-54-8)38(50)56-40(42)52/h9-14,19-22,29-30,33-34,45-46H,15-18H2,1-8H3,(H2,41,51)(H2,42,52)(H,43,47)(H,44,48)/t29-,30-,33+,34+/m0/s1. The van der Waals surface area contributed by atoms with Gasteiger partial charge in [-0.05, 0) is 66.3 Å². The van der Waals surface area contributed by atoms with Crippen LogP contribution in [-0.2, 0) is 28.5 Å². The molecule has 2 amide bonds. The number of ether oxygens (including phenoxy) is 4. The van der Waals surface area contributed by atoms with Crippen LogP contribution in [0.3, 0.4) is 0 Å². The predicted molar refractivity (Wildman–Crippen MR) is 210 cm³/mol. The molecule has 4 rings (SSSR count). The third-order valence-corrected chi connectivity index (χ3v) is 9.65. The summed E-state index contributed by atoms with van der Waals surface area (Å²) >= 11 is 0. The second-order valence-electron chi connectivity index (χ2n) is 14.3. The molecule has 0 aliphatic rings. The molecular formula is C40H54N8O8. The van der Waals surface area contributed by atoms with E-state index in [0.717, 1.165) is 44.8 Å². The number of methoxy groups -OCH3 is 2. The van der Waals surface area contributed by atoms with E-state index in [1.54, 1.807) is 12.4 Å². The fourth-order valence-corrected chi connectivity index (χ4v) is 6.49. The molecule has 0 saturated heterocycles. The molecule has 8 N–H and O–H groups in total. The van der Waals surface area contributed by atoms with Gasteiger partial charge in [0, 0.05) is 33.0 Å². The highest BCUT2D eigenvalue weighted by Gasteiger charge is 2.30. The van der Waals surface area contributed by atoms with E-state index >= 15 is 0 Å². The summed E-state index contributed by atoms with van der Waals surface area (Å²) in [5.74, 6) is -0.245. The highest BCUT2D eigenvalue weighted by atomic mass is 16.6. The van der Waals surface area contributed by atoms with Gasteiger partial charge in [-0.3, -0.25) is 10.6 Å². The summed E-state index contributed by atoms with van der Waals surface area (Å²) in [4.78, 5) is 63.9. The molecule has 2 heterocycles. The minimum Gasteiger partial charge on any atom is -0.385 e. The Morgan fingerprint density at radius 3 is 1.50 bits per heavy atom. The summed E-state index contributed by atoms with van der Waals surface area (Å²) in [6.07, 6.45) is 1.75. The molecule has 0 radical (unpaired) electrons. The lowest BCUT2D eigenvalue weighted by Crippen LogP contribution is -2.44. The first-order valence-corrected chi connectivity index (χ1v) is 18.5. The molecule has 0 fully saturated rings. The molecule has 4 atom stereocenters. The van der Waals surface area contributed by atoms with E-state index in [2.05, 4.69) is 78.2 Å². The number of imidazole rings is 2. The van der Waals surface area contributed by atoms with Crippen molar-refractivity contribution >= 4 is 24.1 Å². The van der Waals surface area contributed by atoms with E-state index in [0.29, 0.717) is 11.6 Å². The fourth-order valence-electron chi connectivity index (χ4n) is 6.49. The number of hydrogen-bond donors (Lipinski definition) is 6. The third-order valence-electron chi connectivity index (χ3n) is 9.65. The topological polar surface area (TPSA) is 239 Å². The highest BCUT2D eigenvalue weighted by Crippen LogP contribution is 2.34. The number of nitrogens with zero attached hydrogens (tertiary/aromatic N) is 2. The number of rotatable bonds is 19. The molecule has 0 bridgehead atoms. The van der Waals surface area contributed by atoms with Crippen molar-refractivity contribution in [2.75, 3.05) is 27.4 Å². The number of carbonyl (C=O) groups excluding carboxylic acids is 4. The molecular weight excluding hydrogens is 720 g/mol. The first kappa shape index (κ1) is 43.3. The van der Waals surface area contributed by atoms with Gasteiger partial charge < -0.3 is 40.4 Å². The maximum atomic E-state index is 12.6. The largest absolute Gasteiger partial charge is 0.412 e. The monoisotopic (exact) mass is 774 g/mol. The van der Waals surface area contributed by atoms with Crippen LogP contribution in [0.15, 0.2) is 48.8 Å². The molecule has 0 unspecified atom stereocenters. The molecule has 2 aromatic heterocycles. The second kappa shape index (κ2) is 20.0. The van der Waals surface area contributed by atoms with Crippen LogP contribution in [0.25, 0.3) is 33.6 Å². The number of primary amides is 2. The van der Waals surface area contributed by atoms with Gasteiger partial charge in [0.15, 0.2) is 0 Å². The molecule has 0 aliphatic carbocycles. The lowest BCUT2D eigenvalue weighted by atomic mass is 9.92. The van der Waals surface area contributed by atoms with Gasteiger partial charge in [-0.1, -0.05) is 64.1 Å². The molecule has 0 saturated carbocycles. The number of H-pyrrole nitrogens is 2. The maximum Gasteiger partial charge on any atom is 0.412 e. The van der Waals surface area contributed by atoms with E-state index in [1.807, 2.05) is 39.8 Å². The number of aromatic amines is 2. The number of amides is 2. The van der Waals surface area contributed by atoms with Crippen LogP contribution in [-0.4, -0.2) is 83.6 Å². The summed E-state index contributed by atoms with van der Waals surface area (Å²) < 4.78 is 19.7. The minimum absolute atomic E-state index is 0.0222. The van der Waals surface area contributed by atoms with E-state index < -0.39 is 36.2 Å². The Morgan fingerprint density at radius 2 is 1.05 bits per heavy atom. The van der Waals surface area contributed by atoms with Gasteiger partial charge in [-0.25, -0.2) is 29.1 Å². The fraction of sp³-hybridized carbons (Fsp3) is 0.450. The van der Waals surface area contributed by atoms with Crippen molar-refractivity contribution in [2.24, 2.45) is 23.3 Å². The first-order valence-electron chi connectivity index (χ1n) is 18.5. The summed E-state index contributed by atoms with van der Waals surface area (Å²) in [5.41, 5.74) is 18.0. The molecule has 16 nitrogen and oxygen atoms in total. The van der Waals surface area contributed by atoms with Crippen LogP contribution in [0.4, 0.5) is 9.59 Å². The van der Waals surface area contributed by atoms with Crippen LogP contribution in [0.1, 0.15) is 75.4 Å². The van der Waals surface area contributed by atoms with Crippen LogP contribution in [0, 0.1) is 25.7 Å². The first-order chi connectivity index (χ1) is 26.6. The molecule has 16 heteroatoms. The number of aromatic nitrogens is 4. The predicted octanol–water partition coefficient (Wildman–Crippen LogP) is 5.38. The molecule has 302 valence electrons. The number of hydrogen-bond acceptors (Lipinski definition) is 12. The Morgan fingerprint density at radius 1 is 0.643 bits per heavy atom. The average Bonchev–Trinajstić information content (AvgIpc) is 3.83. The lowest BCUT2D eigenvalue weighted by molar-refractivity contribution is -0.141. The number of benzene rings is 2. The SMILES string of the molecule is COCC[C@H](N[C@@H](c1ncc(-c2ccc(-c3ccc(-c4cnc([C@H](N[C@@H](CCOC)C(=O)OC(N)=O)C(C)C)[nH]4)c(C)c3C)cc2)[nH]1)C(C)C)C(=O)OC(N)=O. The summed E-state index contributed by atoms with van der Waals surface area (Å²) in [6, 6.07) is 9.92. The number of esters is 2. The van der Waals surface area contributed by atoms with Gasteiger partial charge in [0.25, 0.3) is 0 Å². The van der Waals surface area contributed by atoms with Gasteiger partial charge in [0.2, 0.25) is 0 Å². The van der Waals surface area contributed by atoms with E-state index in [4.69, 9.17) is 20.9 Å². The summed E-state index contributed by atoms with van der Waals surface area (Å²) in [6.45, 7) is 12.7. The van der Waals surface area contributed by atoms with Crippen LogP contribution in [0.2, 0.25) is 0 Å². The summed E-state index contributed by atoms with van der Waals surface area (Å²) in [7, 11) is 3.05. The van der Waals surface area contributed by atoms with E-state index in [-0.39, 0.29) is 50.0 Å². The highest BCUT2D eigenvalue weighted by molar-refractivity contribution is 5.87. The molecule has 0 spiro atoms. The number of nitrogens with one attached hydrogen (secondary N) is 4. The zero-order valence-electron chi connectivity index (χ0n) is 33.2. The normalized spacial score (nSPS) is 13.7. The number of nitrogens with two attached hydrogens (primary N) is 2. The van der Waals surface area contributed by atoms with Crippen molar-refractivity contribution in [1.82, 2.24) is 30.6 Å². The Balaban J connectivity index is 1.53. The summed E-state index contributed by atoms with van der Waals surface area (Å²) in [5, 5.41) is 6.55. The Labute approximate surface area is 326 Å². The van der Waals surface area contributed by atoms with Crippen LogP contribution >= 0.6 is 0 Å². The molecule has 56 heavy (non-hydrogen) atoms. The minimum atomic E-state index is -1.17. The van der Waals surface area contributed by atoms with Crippen molar-refractivity contribution < 1.29 is 38.1 Å². The van der Waals surface area contributed by atoms with Crippen molar-refractivity contribution in [3.05, 3.63) is 71.6 Å². The van der Waals surface area contributed by atoms with Gasteiger partial charge in [-0.2, -0.15) is 0 Å². The van der Waals surface area contributed by atoms with Crippen molar-refractivity contribution in [3.8, 4) is 33.6 Å². The smallest absolute Gasteiger partial charge is 0.385 e. The Bertz CT molecular complexity index is 1960. The van der Waals surface area contributed by atoms with E-state index in [1.165, 1.54) is 14.2 Å². The van der Waals surface area contributed by atoms with Gasteiger partial charge in [0.05, 0.1) is 35.9 Å². The Kier molecular flexibility index (Phi) is 15.4. The lowest BCUT2D eigenvalue weighted by Gasteiger charge is -2.25. The zero-order chi connectivity index (χ0) is 41.1. The third kappa shape index (κ3) is 11.1. The van der Waals surface area contributed by atoms with Gasteiger partial charge in [-0.15, -0.1) is 0 Å².